The summed E-state index contributed by atoms with van der Waals surface area (Å²) in [5, 5.41) is 3.26. The smallest absolute Gasteiger partial charge is 0.217 e. The third kappa shape index (κ3) is 4.80. The van der Waals surface area contributed by atoms with Crippen molar-refractivity contribution in [3.8, 4) is 0 Å². The molecule has 5 nitrogen and oxygen atoms in total. The molecule has 0 amide bonds. The number of benzene rings is 1. The van der Waals surface area contributed by atoms with Gasteiger partial charge < -0.3 is 4.42 Å². The van der Waals surface area contributed by atoms with Crippen LogP contribution in [0, 0.1) is 11.7 Å². The van der Waals surface area contributed by atoms with Crippen LogP contribution in [0.1, 0.15) is 36.8 Å². The summed E-state index contributed by atoms with van der Waals surface area (Å²) in [4.78, 5) is 6.76. The van der Waals surface area contributed by atoms with E-state index in [1.54, 1.807) is 0 Å². The fourth-order valence-corrected chi connectivity index (χ4v) is 2.85. The molecule has 1 N–H and O–H groups in total. The summed E-state index contributed by atoms with van der Waals surface area (Å²) in [6.07, 6.45) is 3.76. The fourth-order valence-electron chi connectivity index (χ4n) is 2.64. The normalized spacial score (nSPS) is 11.9. The van der Waals surface area contributed by atoms with Gasteiger partial charge in [0.2, 0.25) is 4.77 Å². The van der Waals surface area contributed by atoms with Gasteiger partial charge in [0.25, 0.3) is 0 Å². The van der Waals surface area contributed by atoms with Crippen LogP contribution in [0.15, 0.2) is 46.9 Å². The van der Waals surface area contributed by atoms with Gasteiger partial charge in [-0.05, 0) is 62.8 Å². The van der Waals surface area contributed by atoms with Gasteiger partial charge in [0.1, 0.15) is 17.3 Å². The van der Waals surface area contributed by atoms with Crippen molar-refractivity contribution in [3.05, 3.63) is 70.1 Å². The zero-order valence-corrected chi connectivity index (χ0v) is 16.2. The number of rotatable bonds is 7. The Morgan fingerprint density at radius 3 is 2.62 bits per heavy atom. The second-order valence-electron chi connectivity index (χ2n) is 6.57. The number of aryl methyl sites for hydroxylation is 1. The molecule has 0 unspecified atom stereocenters. The highest BCUT2D eigenvalue weighted by atomic mass is 32.1. The first-order valence-electron chi connectivity index (χ1n) is 8.70. The molecule has 0 atom stereocenters. The standard InChI is InChI=1S/C20H24N4OS/c1-15(2)23(13-17-7-5-4-6-8-17)14-24-20(26)21-19(22-24)12-11-18-10-9-16(3)25-18/h4-12,15H,13-14H2,1-3H3,(H,21,22,26). The summed E-state index contributed by atoms with van der Waals surface area (Å²) in [6, 6.07) is 14.7. The number of aromatic amines is 1. The van der Waals surface area contributed by atoms with Gasteiger partial charge in [-0.25, -0.2) is 4.68 Å². The van der Waals surface area contributed by atoms with E-state index in [0.717, 1.165) is 18.1 Å². The molecule has 0 aliphatic rings. The maximum atomic E-state index is 5.54. The number of hydrogen-bond donors (Lipinski definition) is 1. The molecule has 3 aromatic rings. The second kappa shape index (κ2) is 8.29. The first-order chi connectivity index (χ1) is 12.5. The summed E-state index contributed by atoms with van der Waals surface area (Å²) in [5.74, 6) is 2.40. The van der Waals surface area contributed by atoms with E-state index < -0.39 is 0 Å². The van der Waals surface area contributed by atoms with Gasteiger partial charge >= 0.3 is 0 Å². The Balaban J connectivity index is 1.72. The number of aromatic nitrogens is 3. The SMILES string of the molecule is Cc1ccc(C=Cc2nc(=S)n(CN(Cc3ccccc3)C(C)C)[nH]2)o1. The van der Waals surface area contributed by atoms with Crippen molar-refractivity contribution in [2.75, 3.05) is 0 Å². The lowest BCUT2D eigenvalue weighted by molar-refractivity contribution is 0.153. The van der Waals surface area contributed by atoms with Crippen LogP contribution < -0.4 is 0 Å². The molecule has 26 heavy (non-hydrogen) atoms. The van der Waals surface area contributed by atoms with Gasteiger partial charge in [0.15, 0.2) is 0 Å². The van der Waals surface area contributed by atoms with Crippen LogP contribution in [-0.2, 0) is 13.2 Å². The molecular weight excluding hydrogens is 344 g/mol. The second-order valence-corrected chi connectivity index (χ2v) is 6.93. The number of H-pyrrole nitrogens is 1. The Kier molecular flexibility index (Phi) is 5.85. The minimum atomic E-state index is 0.380. The van der Waals surface area contributed by atoms with Crippen molar-refractivity contribution in [2.24, 2.45) is 0 Å². The number of furan rings is 1. The van der Waals surface area contributed by atoms with Gasteiger partial charge in [0.05, 0.1) is 6.67 Å². The van der Waals surface area contributed by atoms with Crippen molar-refractivity contribution in [1.29, 1.82) is 0 Å². The zero-order valence-electron chi connectivity index (χ0n) is 15.3. The minimum Gasteiger partial charge on any atom is -0.462 e. The molecule has 6 heteroatoms. The molecule has 0 fully saturated rings. The van der Waals surface area contributed by atoms with Gasteiger partial charge in [0, 0.05) is 12.6 Å². The largest absolute Gasteiger partial charge is 0.462 e. The molecule has 3 rings (SSSR count). The van der Waals surface area contributed by atoms with Crippen molar-refractivity contribution in [2.45, 2.75) is 40.0 Å². The monoisotopic (exact) mass is 368 g/mol. The van der Waals surface area contributed by atoms with E-state index in [2.05, 4.69) is 53.1 Å². The van der Waals surface area contributed by atoms with Crippen molar-refractivity contribution >= 4 is 24.4 Å². The molecule has 0 saturated carbocycles. The van der Waals surface area contributed by atoms with Crippen LogP contribution in [0.4, 0.5) is 0 Å². The van der Waals surface area contributed by atoms with E-state index in [1.165, 1.54) is 5.56 Å². The first kappa shape index (κ1) is 18.4. The topological polar surface area (TPSA) is 50.0 Å². The first-order valence-corrected chi connectivity index (χ1v) is 9.11. The summed E-state index contributed by atoms with van der Waals surface area (Å²) < 4.78 is 7.97. The molecule has 136 valence electrons. The minimum absolute atomic E-state index is 0.380. The Bertz CT molecular complexity index is 921. The Morgan fingerprint density at radius 1 is 1.19 bits per heavy atom. The molecule has 0 aliphatic carbocycles. The predicted molar refractivity (Wildman–Crippen MR) is 107 cm³/mol. The highest BCUT2D eigenvalue weighted by Crippen LogP contribution is 2.12. The fraction of sp³-hybridized carbons (Fsp3) is 0.300. The average molecular weight is 369 g/mol. The number of hydrogen-bond acceptors (Lipinski definition) is 4. The molecule has 1 aromatic carbocycles. The van der Waals surface area contributed by atoms with E-state index in [1.807, 2.05) is 42.0 Å². The Hall–Kier alpha value is -2.44. The third-order valence-corrected chi connectivity index (χ3v) is 4.46. The molecule has 2 aromatic heterocycles. The van der Waals surface area contributed by atoms with Crippen LogP contribution in [0.5, 0.6) is 0 Å². The van der Waals surface area contributed by atoms with Gasteiger partial charge in [-0.15, -0.1) is 0 Å². The van der Waals surface area contributed by atoms with E-state index in [-0.39, 0.29) is 0 Å². The van der Waals surface area contributed by atoms with Crippen molar-refractivity contribution < 1.29 is 4.42 Å². The van der Waals surface area contributed by atoms with E-state index in [9.17, 15) is 0 Å². The summed E-state index contributed by atoms with van der Waals surface area (Å²) in [7, 11) is 0. The van der Waals surface area contributed by atoms with E-state index >= 15 is 0 Å². The third-order valence-electron chi connectivity index (χ3n) is 4.14. The molecule has 0 aliphatic heterocycles. The number of nitrogens with zero attached hydrogens (tertiary/aromatic N) is 3. The molecule has 0 bridgehead atoms. The molecule has 0 spiro atoms. The van der Waals surface area contributed by atoms with Crippen molar-refractivity contribution in [3.63, 3.8) is 0 Å². The lowest BCUT2D eigenvalue weighted by atomic mass is 10.2. The van der Waals surface area contributed by atoms with E-state index in [0.29, 0.717) is 23.3 Å². The summed E-state index contributed by atoms with van der Waals surface area (Å²) in [6.45, 7) is 7.81. The van der Waals surface area contributed by atoms with Crippen LogP contribution in [0.3, 0.4) is 0 Å². The van der Waals surface area contributed by atoms with Gasteiger partial charge in [-0.2, -0.15) is 4.98 Å². The quantitative estimate of drug-likeness (QED) is 0.604. The summed E-state index contributed by atoms with van der Waals surface area (Å²) in [5.41, 5.74) is 1.28. The van der Waals surface area contributed by atoms with Gasteiger partial charge in [-0.3, -0.25) is 10.00 Å². The highest BCUT2D eigenvalue weighted by Gasteiger charge is 2.12. The number of nitrogens with one attached hydrogen (secondary N) is 1. The molecule has 0 saturated heterocycles. The van der Waals surface area contributed by atoms with E-state index in [4.69, 9.17) is 16.6 Å². The summed E-state index contributed by atoms with van der Waals surface area (Å²) >= 11 is 5.41. The predicted octanol–water partition coefficient (Wildman–Crippen LogP) is 4.88. The Morgan fingerprint density at radius 2 is 1.96 bits per heavy atom. The maximum Gasteiger partial charge on any atom is 0.217 e. The van der Waals surface area contributed by atoms with Crippen LogP contribution >= 0.6 is 12.2 Å². The van der Waals surface area contributed by atoms with Crippen LogP contribution in [0.2, 0.25) is 0 Å². The maximum absolute atomic E-state index is 5.54. The average Bonchev–Trinajstić information content (AvgIpc) is 3.19. The lowest BCUT2D eigenvalue weighted by Gasteiger charge is -2.26. The molecule has 0 radical (unpaired) electrons. The molecule has 2 heterocycles. The van der Waals surface area contributed by atoms with Gasteiger partial charge in [-0.1, -0.05) is 30.3 Å². The van der Waals surface area contributed by atoms with Crippen LogP contribution in [-0.4, -0.2) is 25.7 Å². The van der Waals surface area contributed by atoms with Crippen molar-refractivity contribution in [1.82, 2.24) is 19.7 Å². The van der Waals surface area contributed by atoms with Crippen LogP contribution in [0.25, 0.3) is 12.2 Å². The zero-order chi connectivity index (χ0) is 18.5. The molecular formula is C20H24N4OS. The lowest BCUT2D eigenvalue weighted by Crippen LogP contribution is -2.32. The Labute approximate surface area is 159 Å². The highest BCUT2D eigenvalue weighted by molar-refractivity contribution is 7.71.